The lowest BCUT2D eigenvalue weighted by Gasteiger charge is -2.29. The van der Waals surface area contributed by atoms with Crippen LogP contribution >= 0.6 is 0 Å². The Morgan fingerprint density at radius 3 is 2.33 bits per heavy atom. The Morgan fingerprint density at radius 1 is 1.25 bits per heavy atom. The SMILES string of the molecule is CC.CCC(C)(CCN(C)Cc1ccccc1)C(=O)/C(C)=C/NC. The van der Waals surface area contributed by atoms with Gasteiger partial charge in [0.15, 0.2) is 5.78 Å². The van der Waals surface area contributed by atoms with Crippen LogP contribution < -0.4 is 5.32 Å². The predicted octanol–water partition coefficient (Wildman–Crippen LogP) is 4.64. The molecule has 0 aromatic heterocycles. The van der Waals surface area contributed by atoms with Crippen molar-refractivity contribution in [3.63, 3.8) is 0 Å². The van der Waals surface area contributed by atoms with Gasteiger partial charge in [0, 0.05) is 30.8 Å². The summed E-state index contributed by atoms with van der Waals surface area (Å²) in [5.74, 6) is 0.248. The first-order valence-corrected chi connectivity index (χ1v) is 9.04. The van der Waals surface area contributed by atoms with Gasteiger partial charge in [-0.05, 0) is 38.9 Å². The van der Waals surface area contributed by atoms with Crippen LogP contribution in [0.4, 0.5) is 0 Å². The molecule has 24 heavy (non-hydrogen) atoms. The zero-order valence-corrected chi connectivity index (χ0v) is 16.6. The molecule has 136 valence electrons. The van der Waals surface area contributed by atoms with Gasteiger partial charge in [-0.2, -0.15) is 0 Å². The van der Waals surface area contributed by atoms with E-state index in [1.807, 2.05) is 33.9 Å². The first kappa shape index (κ1) is 22.4. The maximum atomic E-state index is 12.6. The highest BCUT2D eigenvalue weighted by Gasteiger charge is 2.31. The Morgan fingerprint density at radius 2 is 1.83 bits per heavy atom. The molecule has 3 heteroatoms. The summed E-state index contributed by atoms with van der Waals surface area (Å²) in [5, 5.41) is 2.95. The van der Waals surface area contributed by atoms with Crippen molar-refractivity contribution in [1.82, 2.24) is 10.2 Å². The molecule has 0 aliphatic carbocycles. The van der Waals surface area contributed by atoms with Gasteiger partial charge in [0.1, 0.15) is 0 Å². The molecule has 0 amide bonds. The van der Waals surface area contributed by atoms with Crippen LogP contribution in [0.1, 0.15) is 53.0 Å². The molecule has 1 atom stereocenters. The van der Waals surface area contributed by atoms with E-state index in [0.717, 1.165) is 31.5 Å². The number of Topliss-reactive ketones (excluding diaryl/α,β-unsaturated/α-hetero) is 1. The topological polar surface area (TPSA) is 32.3 Å². The molecular formula is C21H36N2O. The monoisotopic (exact) mass is 332 g/mol. The maximum absolute atomic E-state index is 12.6. The van der Waals surface area contributed by atoms with Gasteiger partial charge in [-0.25, -0.2) is 0 Å². The molecule has 1 aromatic rings. The first-order valence-electron chi connectivity index (χ1n) is 9.04. The van der Waals surface area contributed by atoms with Crippen LogP contribution in [-0.4, -0.2) is 31.3 Å². The number of carbonyl (C=O) groups is 1. The minimum absolute atomic E-state index is 0.248. The van der Waals surface area contributed by atoms with Crippen LogP contribution in [-0.2, 0) is 11.3 Å². The summed E-state index contributed by atoms with van der Waals surface area (Å²) in [6, 6.07) is 10.4. The zero-order valence-electron chi connectivity index (χ0n) is 16.6. The fourth-order valence-corrected chi connectivity index (χ4v) is 2.62. The molecule has 0 aliphatic rings. The number of nitrogens with one attached hydrogen (secondary N) is 1. The smallest absolute Gasteiger partial charge is 0.165 e. The van der Waals surface area contributed by atoms with Crippen LogP contribution in [0.5, 0.6) is 0 Å². The second kappa shape index (κ2) is 11.9. The largest absolute Gasteiger partial charge is 0.394 e. The van der Waals surface area contributed by atoms with Gasteiger partial charge in [-0.15, -0.1) is 0 Å². The number of rotatable bonds is 9. The number of allylic oxidation sites excluding steroid dienone is 1. The molecule has 0 fully saturated rings. The zero-order chi connectivity index (χ0) is 18.6. The van der Waals surface area contributed by atoms with Crippen molar-refractivity contribution in [3.05, 3.63) is 47.7 Å². The van der Waals surface area contributed by atoms with Crippen LogP contribution in [0.25, 0.3) is 0 Å². The Hall–Kier alpha value is -1.61. The van der Waals surface area contributed by atoms with E-state index in [-0.39, 0.29) is 11.2 Å². The minimum Gasteiger partial charge on any atom is -0.394 e. The molecule has 3 nitrogen and oxygen atoms in total. The summed E-state index contributed by atoms with van der Waals surface area (Å²) < 4.78 is 0. The summed E-state index contributed by atoms with van der Waals surface area (Å²) >= 11 is 0. The Balaban J connectivity index is 0.00000254. The van der Waals surface area contributed by atoms with Crippen molar-refractivity contribution < 1.29 is 4.79 Å². The van der Waals surface area contributed by atoms with E-state index >= 15 is 0 Å². The third-order valence-corrected chi connectivity index (χ3v) is 4.39. The highest BCUT2D eigenvalue weighted by molar-refractivity contribution is 5.99. The third kappa shape index (κ3) is 7.31. The highest BCUT2D eigenvalue weighted by atomic mass is 16.1. The van der Waals surface area contributed by atoms with Gasteiger partial charge in [0.05, 0.1) is 0 Å². The van der Waals surface area contributed by atoms with Crippen molar-refractivity contribution in [3.8, 4) is 0 Å². The molecule has 1 aromatic carbocycles. The van der Waals surface area contributed by atoms with Crippen LogP contribution in [0.2, 0.25) is 0 Å². The molecule has 0 heterocycles. The number of hydrogen-bond donors (Lipinski definition) is 1. The summed E-state index contributed by atoms with van der Waals surface area (Å²) in [4.78, 5) is 14.9. The number of benzene rings is 1. The summed E-state index contributed by atoms with van der Waals surface area (Å²) in [6.45, 7) is 11.9. The number of ketones is 1. The molecule has 0 bridgehead atoms. The van der Waals surface area contributed by atoms with E-state index in [1.165, 1.54) is 5.56 Å². The Bertz CT molecular complexity index is 496. The lowest BCUT2D eigenvalue weighted by Crippen LogP contribution is -2.33. The lowest BCUT2D eigenvalue weighted by atomic mass is 9.77. The molecule has 1 N–H and O–H groups in total. The van der Waals surface area contributed by atoms with Gasteiger partial charge in [-0.1, -0.05) is 58.0 Å². The van der Waals surface area contributed by atoms with Crippen LogP contribution in [0.3, 0.4) is 0 Å². The molecule has 0 aliphatic heterocycles. The summed E-state index contributed by atoms with van der Waals surface area (Å²) in [7, 11) is 3.94. The summed E-state index contributed by atoms with van der Waals surface area (Å²) in [6.07, 6.45) is 3.53. The fraction of sp³-hybridized carbons (Fsp3) is 0.571. The predicted molar refractivity (Wildman–Crippen MR) is 105 cm³/mol. The lowest BCUT2D eigenvalue weighted by molar-refractivity contribution is -0.124. The second-order valence-corrected chi connectivity index (χ2v) is 6.33. The van der Waals surface area contributed by atoms with E-state index in [9.17, 15) is 4.79 Å². The second-order valence-electron chi connectivity index (χ2n) is 6.33. The summed E-state index contributed by atoms with van der Waals surface area (Å²) in [5.41, 5.74) is 1.82. The third-order valence-electron chi connectivity index (χ3n) is 4.39. The quantitative estimate of drug-likeness (QED) is 0.668. The van der Waals surface area contributed by atoms with Crippen molar-refractivity contribution >= 4 is 5.78 Å². The highest BCUT2D eigenvalue weighted by Crippen LogP contribution is 2.30. The van der Waals surface area contributed by atoms with Gasteiger partial charge in [0.2, 0.25) is 0 Å². The molecular weight excluding hydrogens is 296 g/mol. The van der Waals surface area contributed by atoms with Crippen LogP contribution in [0.15, 0.2) is 42.1 Å². The van der Waals surface area contributed by atoms with E-state index in [0.29, 0.717) is 0 Å². The van der Waals surface area contributed by atoms with Gasteiger partial charge in [0.25, 0.3) is 0 Å². The maximum Gasteiger partial charge on any atom is 0.165 e. The normalized spacial score (nSPS) is 13.8. The Kier molecular flexibility index (Phi) is 11.1. The van der Waals surface area contributed by atoms with Crippen LogP contribution in [0, 0.1) is 5.41 Å². The molecule has 1 rings (SSSR count). The van der Waals surface area contributed by atoms with Crippen molar-refractivity contribution in [1.29, 1.82) is 0 Å². The minimum atomic E-state index is -0.289. The van der Waals surface area contributed by atoms with Crippen molar-refractivity contribution in [2.75, 3.05) is 20.6 Å². The number of carbonyl (C=O) groups excluding carboxylic acids is 1. The number of nitrogens with zero attached hydrogens (tertiary/aromatic N) is 1. The van der Waals surface area contributed by atoms with E-state index in [2.05, 4.69) is 55.4 Å². The van der Waals surface area contributed by atoms with Crippen molar-refractivity contribution in [2.24, 2.45) is 5.41 Å². The standard InChI is InChI=1S/C19H30N2O.C2H6/c1-6-19(3,18(22)16(2)14-20-4)12-13-21(5)15-17-10-8-7-9-11-17;1-2/h7-11,14,20H,6,12-13,15H2,1-5H3;1-2H3/b16-14+;. The van der Waals surface area contributed by atoms with Gasteiger partial charge < -0.3 is 10.2 Å². The average Bonchev–Trinajstić information content (AvgIpc) is 2.62. The van der Waals surface area contributed by atoms with E-state index < -0.39 is 0 Å². The first-order chi connectivity index (χ1) is 11.4. The van der Waals surface area contributed by atoms with Gasteiger partial charge in [-0.3, -0.25) is 4.79 Å². The molecule has 0 radical (unpaired) electrons. The molecule has 1 unspecified atom stereocenters. The van der Waals surface area contributed by atoms with E-state index in [1.54, 1.807) is 6.20 Å². The molecule has 0 saturated carbocycles. The average molecular weight is 333 g/mol. The fourth-order valence-electron chi connectivity index (χ4n) is 2.62. The van der Waals surface area contributed by atoms with Gasteiger partial charge >= 0.3 is 0 Å². The molecule has 0 spiro atoms. The van der Waals surface area contributed by atoms with E-state index in [4.69, 9.17) is 0 Å². The molecule has 0 saturated heterocycles. The Labute approximate surface area is 149 Å². The number of hydrogen-bond acceptors (Lipinski definition) is 3. The van der Waals surface area contributed by atoms with Crippen molar-refractivity contribution in [2.45, 2.75) is 54.0 Å².